The van der Waals surface area contributed by atoms with Crippen LogP contribution in [0.25, 0.3) is 0 Å². The molecule has 162 valence electrons. The molecular formula is C21H34N4O4. The second-order valence-corrected chi connectivity index (χ2v) is 7.97. The minimum Gasteiger partial charge on any atom is -0.493 e. The van der Waals surface area contributed by atoms with Crippen LogP contribution in [-0.2, 0) is 4.74 Å². The number of guanidine groups is 1. The maximum Gasteiger partial charge on any atom is 0.410 e. The third-order valence-corrected chi connectivity index (χ3v) is 4.63. The van der Waals surface area contributed by atoms with Crippen LogP contribution >= 0.6 is 0 Å². The zero-order valence-corrected chi connectivity index (χ0v) is 18.4. The van der Waals surface area contributed by atoms with Crippen molar-refractivity contribution in [3.05, 3.63) is 18.2 Å². The fourth-order valence-corrected chi connectivity index (χ4v) is 3.22. The summed E-state index contributed by atoms with van der Waals surface area (Å²) in [7, 11) is 4.91. The van der Waals surface area contributed by atoms with Crippen molar-refractivity contribution in [2.45, 2.75) is 51.7 Å². The van der Waals surface area contributed by atoms with Crippen LogP contribution in [0.4, 0.5) is 10.5 Å². The first-order valence-electron chi connectivity index (χ1n) is 9.96. The molecule has 8 nitrogen and oxygen atoms in total. The van der Waals surface area contributed by atoms with Crippen molar-refractivity contribution in [1.82, 2.24) is 10.2 Å². The summed E-state index contributed by atoms with van der Waals surface area (Å²) in [6.07, 6.45) is 2.76. The number of anilines is 1. The number of hydrogen-bond acceptors (Lipinski definition) is 5. The monoisotopic (exact) mass is 406 g/mol. The number of hydrogen-bond donors (Lipinski definition) is 2. The van der Waals surface area contributed by atoms with Gasteiger partial charge in [-0.2, -0.15) is 0 Å². The predicted molar refractivity (Wildman–Crippen MR) is 115 cm³/mol. The van der Waals surface area contributed by atoms with Crippen molar-refractivity contribution < 1.29 is 19.0 Å². The molecule has 29 heavy (non-hydrogen) atoms. The Bertz CT molecular complexity index is 715. The van der Waals surface area contributed by atoms with E-state index in [1.165, 1.54) is 0 Å². The first-order chi connectivity index (χ1) is 13.8. The Kier molecular flexibility index (Phi) is 7.99. The molecule has 8 heteroatoms. The Balaban J connectivity index is 1.99. The van der Waals surface area contributed by atoms with Gasteiger partial charge in [-0.25, -0.2) is 4.79 Å². The highest BCUT2D eigenvalue weighted by Crippen LogP contribution is 2.29. The van der Waals surface area contributed by atoms with E-state index in [1.54, 1.807) is 21.3 Å². The first kappa shape index (κ1) is 22.6. The molecule has 1 aliphatic rings. The van der Waals surface area contributed by atoms with Gasteiger partial charge in [-0.15, -0.1) is 0 Å². The maximum absolute atomic E-state index is 12.6. The molecule has 1 atom stereocenters. The van der Waals surface area contributed by atoms with Crippen LogP contribution in [0.1, 0.15) is 40.0 Å². The Morgan fingerprint density at radius 3 is 2.55 bits per heavy atom. The third-order valence-electron chi connectivity index (χ3n) is 4.63. The number of aliphatic imine (C=N–C) groups is 1. The van der Waals surface area contributed by atoms with Gasteiger partial charge in [0.1, 0.15) is 5.60 Å². The van der Waals surface area contributed by atoms with Crippen molar-refractivity contribution in [1.29, 1.82) is 0 Å². The standard InChI is InChI=1S/C21H34N4O4/c1-21(2,3)29-20(26)25-12-8-7-9-16(25)14-23-19(22-4)24-15-10-11-17(27-5)18(13-15)28-6/h10-11,13,16H,7-9,12,14H2,1-6H3,(H2,22,23,24). The predicted octanol–water partition coefficient (Wildman–Crippen LogP) is 3.48. The molecule has 0 spiro atoms. The van der Waals surface area contributed by atoms with Crippen LogP contribution in [0.3, 0.4) is 0 Å². The van der Waals surface area contributed by atoms with Crippen LogP contribution in [0.2, 0.25) is 0 Å². The van der Waals surface area contributed by atoms with Crippen molar-refractivity contribution in [3.63, 3.8) is 0 Å². The van der Waals surface area contributed by atoms with Crippen LogP contribution < -0.4 is 20.1 Å². The lowest BCUT2D eigenvalue weighted by molar-refractivity contribution is 0.0104. The van der Waals surface area contributed by atoms with E-state index in [-0.39, 0.29) is 12.1 Å². The second-order valence-electron chi connectivity index (χ2n) is 7.97. The van der Waals surface area contributed by atoms with Crippen molar-refractivity contribution in [2.75, 3.05) is 39.7 Å². The Hall–Kier alpha value is -2.64. The molecule has 0 aliphatic carbocycles. The Morgan fingerprint density at radius 2 is 1.93 bits per heavy atom. The number of benzene rings is 1. The van der Waals surface area contributed by atoms with E-state index >= 15 is 0 Å². The van der Waals surface area contributed by atoms with Crippen molar-refractivity contribution in [3.8, 4) is 11.5 Å². The molecule has 1 amide bonds. The number of carbonyl (C=O) groups excluding carboxylic acids is 1. The highest BCUT2D eigenvalue weighted by molar-refractivity contribution is 5.93. The molecule has 1 aromatic rings. The smallest absolute Gasteiger partial charge is 0.410 e. The molecule has 0 bridgehead atoms. The molecule has 1 aliphatic heterocycles. The van der Waals surface area contributed by atoms with Gasteiger partial charge < -0.3 is 29.7 Å². The fourth-order valence-electron chi connectivity index (χ4n) is 3.22. The molecule has 1 saturated heterocycles. The molecule has 0 saturated carbocycles. The minimum absolute atomic E-state index is 0.0579. The zero-order valence-electron chi connectivity index (χ0n) is 18.4. The van der Waals surface area contributed by atoms with E-state index in [2.05, 4.69) is 15.6 Å². The number of rotatable bonds is 5. The van der Waals surface area contributed by atoms with E-state index in [0.29, 0.717) is 30.5 Å². The third kappa shape index (κ3) is 6.73. The van der Waals surface area contributed by atoms with Crippen LogP contribution in [0, 0.1) is 0 Å². The van der Waals surface area contributed by atoms with Gasteiger partial charge >= 0.3 is 6.09 Å². The summed E-state index contributed by atoms with van der Waals surface area (Å²) in [5.74, 6) is 1.92. The first-order valence-corrected chi connectivity index (χ1v) is 9.96. The molecule has 1 unspecified atom stereocenters. The van der Waals surface area contributed by atoms with Crippen LogP contribution in [0.15, 0.2) is 23.2 Å². The molecule has 0 radical (unpaired) electrons. The summed E-state index contributed by atoms with van der Waals surface area (Å²) in [4.78, 5) is 18.7. The maximum atomic E-state index is 12.6. The van der Waals surface area contributed by atoms with E-state index in [4.69, 9.17) is 14.2 Å². The number of carbonyl (C=O) groups is 1. The van der Waals surface area contributed by atoms with Gasteiger partial charge in [0.25, 0.3) is 0 Å². The largest absolute Gasteiger partial charge is 0.493 e. The summed E-state index contributed by atoms with van der Waals surface area (Å²) in [6.45, 7) is 6.96. The topological polar surface area (TPSA) is 84.4 Å². The summed E-state index contributed by atoms with van der Waals surface area (Å²) in [6, 6.07) is 5.63. The summed E-state index contributed by atoms with van der Waals surface area (Å²) < 4.78 is 16.2. The Labute approximate surface area is 173 Å². The van der Waals surface area contributed by atoms with Crippen molar-refractivity contribution >= 4 is 17.7 Å². The van der Waals surface area contributed by atoms with Crippen molar-refractivity contribution in [2.24, 2.45) is 4.99 Å². The lowest BCUT2D eigenvalue weighted by Gasteiger charge is -2.37. The van der Waals surface area contributed by atoms with E-state index in [1.807, 2.05) is 43.9 Å². The number of methoxy groups -OCH3 is 2. The number of likely N-dealkylation sites (tertiary alicyclic amines) is 1. The summed E-state index contributed by atoms with van der Waals surface area (Å²) in [5, 5.41) is 6.56. The average molecular weight is 407 g/mol. The zero-order chi connectivity index (χ0) is 21.4. The molecule has 2 rings (SSSR count). The minimum atomic E-state index is -0.502. The summed E-state index contributed by atoms with van der Waals surface area (Å²) in [5.41, 5.74) is 0.320. The van der Waals surface area contributed by atoms with Crippen LogP contribution in [-0.4, -0.2) is 63.0 Å². The molecule has 1 fully saturated rings. The summed E-state index contributed by atoms with van der Waals surface area (Å²) >= 11 is 0. The van der Waals surface area contributed by atoms with Gasteiger partial charge in [-0.05, 0) is 52.2 Å². The van der Waals surface area contributed by atoms with E-state index < -0.39 is 5.60 Å². The lowest BCUT2D eigenvalue weighted by Crippen LogP contribution is -2.51. The number of piperidine rings is 1. The Morgan fingerprint density at radius 1 is 1.21 bits per heavy atom. The molecule has 1 heterocycles. The van der Waals surface area contributed by atoms with E-state index in [0.717, 1.165) is 24.9 Å². The van der Waals surface area contributed by atoms with Gasteiger partial charge in [0.2, 0.25) is 0 Å². The number of nitrogens with zero attached hydrogens (tertiary/aromatic N) is 2. The van der Waals surface area contributed by atoms with Gasteiger partial charge in [-0.3, -0.25) is 4.99 Å². The quantitative estimate of drug-likeness (QED) is 0.575. The van der Waals surface area contributed by atoms with E-state index in [9.17, 15) is 4.79 Å². The molecule has 2 N–H and O–H groups in total. The highest BCUT2D eigenvalue weighted by atomic mass is 16.6. The van der Waals surface area contributed by atoms with Gasteiger partial charge in [-0.1, -0.05) is 0 Å². The average Bonchev–Trinajstić information content (AvgIpc) is 2.69. The van der Waals surface area contributed by atoms with Gasteiger partial charge in [0, 0.05) is 31.9 Å². The van der Waals surface area contributed by atoms with Crippen LogP contribution in [0.5, 0.6) is 11.5 Å². The second kappa shape index (κ2) is 10.2. The normalized spacial score (nSPS) is 17.5. The lowest BCUT2D eigenvalue weighted by atomic mass is 10.0. The number of ether oxygens (including phenoxy) is 3. The fraction of sp³-hybridized carbons (Fsp3) is 0.619. The molecular weight excluding hydrogens is 372 g/mol. The number of amides is 1. The van der Waals surface area contributed by atoms with Gasteiger partial charge in [0.05, 0.1) is 20.3 Å². The SMILES string of the molecule is CN=C(NCC1CCCCN1C(=O)OC(C)(C)C)Nc1ccc(OC)c(OC)c1. The highest BCUT2D eigenvalue weighted by Gasteiger charge is 2.30. The molecule has 1 aromatic carbocycles. The van der Waals surface area contributed by atoms with Gasteiger partial charge in [0.15, 0.2) is 17.5 Å². The number of nitrogens with one attached hydrogen (secondary N) is 2. The molecule has 0 aromatic heterocycles.